The van der Waals surface area contributed by atoms with Crippen LogP contribution in [0.3, 0.4) is 0 Å². The summed E-state index contributed by atoms with van der Waals surface area (Å²) < 4.78 is 2.11. The van der Waals surface area contributed by atoms with E-state index in [1.807, 2.05) is 49.0 Å². The van der Waals surface area contributed by atoms with Crippen LogP contribution in [0.5, 0.6) is 0 Å². The van der Waals surface area contributed by atoms with Crippen LogP contribution in [-0.2, 0) is 11.2 Å². The van der Waals surface area contributed by atoms with Crippen LogP contribution >= 0.6 is 35.7 Å². The molecule has 5 rings (SSSR count). The summed E-state index contributed by atoms with van der Waals surface area (Å²) in [7, 11) is 0. The van der Waals surface area contributed by atoms with Crippen molar-refractivity contribution in [3.8, 4) is 0 Å². The summed E-state index contributed by atoms with van der Waals surface area (Å²) in [6, 6.07) is 14.0. The average Bonchev–Trinajstić information content (AvgIpc) is 3.14. The number of amides is 1. The van der Waals surface area contributed by atoms with E-state index < -0.39 is 0 Å². The molecule has 0 radical (unpaired) electrons. The maximum Gasteiger partial charge on any atom is 0.267 e. The number of pyridine rings is 1. The van der Waals surface area contributed by atoms with Gasteiger partial charge in [-0.25, -0.2) is 4.98 Å². The Hall–Kier alpha value is -2.62. The summed E-state index contributed by atoms with van der Waals surface area (Å²) in [6.07, 6.45) is 5.14. The number of fused-ring (bicyclic) bond motifs is 1. The largest absolute Gasteiger partial charge is 0.354 e. The van der Waals surface area contributed by atoms with Crippen molar-refractivity contribution in [2.75, 3.05) is 36.0 Å². The van der Waals surface area contributed by atoms with E-state index in [-0.39, 0.29) is 11.5 Å². The second-order valence-electron chi connectivity index (χ2n) is 8.56. The van der Waals surface area contributed by atoms with Crippen molar-refractivity contribution in [1.82, 2.24) is 14.3 Å². The van der Waals surface area contributed by atoms with Gasteiger partial charge in [0.15, 0.2) is 0 Å². The van der Waals surface area contributed by atoms with Crippen LogP contribution in [0.1, 0.15) is 23.1 Å². The normalized spacial score (nSPS) is 17.7. The van der Waals surface area contributed by atoms with Crippen LogP contribution in [0, 0.1) is 6.92 Å². The molecule has 0 unspecified atom stereocenters. The van der Waals surface area contributed by atoms with E-state index in [1.54, 1.807) is 21.6 Å². The number of carbonyl (C=O) groups is 1. The molecule has 1 aromatic carbocycles. The van der Waals surface area contributed by atoms with E-state index in [2.05, 4.69) is 17.0 Å². The van der Waals surface area contributed by atoms with Gasteiger partial charge in [-0.05, 0) is 43.0 Å². The Bertz CT molecular complexity index is 1360. The molecule has 0 saturated carbocycles. The number of benzene rings is 1. The van der Waals surface area contributed by atoms with Crippen molar-refractivity contribution < 1.29 is 4.79 Å². The minimum atomic E-state index is -0.165. The number of thiocarbonyl (C=S) groups is 1. The number of anilines is 1. The lowest BCUT2D eigenvalue weighted by atomic mass is 10.1. The zero-order valence-corrected chi connectivity index (χ0v) is 21.9. The summed E-state index contributed by atoms with van der Waals surface area (Å²) in [5.74, 6) is 2.48. The van der Waals surface area contributed by atoms with Crippen LogP contribution in [0.25, 0.3) is 11.7 Å². The Kier molecular flexibility index (Phi) is 7.27. The molecule has 0 aliphatic carbocycles. The van der Waals surface area contributed by atoms with E-state index in [9.17, 15) is 9.59 Å². The molecular formula is C26H26N4O2S3. The van der Waals surface area contributed by atoms with Crippen molar-refractivity contribution in [2.45, 2.75) is 19.8 Å². The van der Waals surface area contributed by atoms with Crippen molar-refractivity contribution in [3.63, 3.8) is 0 Å². The van der Waals surface area contributed by atoms with E-state index in [1.165, 1.54) is 17.3 Å². The lowest BCUT2D eigenvalue weighted by Gasteiger charge is -2.29. The standard InChI is InChI=1S/C26H26N4O2S3/c1-18-7-5-11-29-22(18)27-23(28-13-15-34-16-14-28)20(24(29)31)17-21-25(32)30(26(33)35-21)12-6-10-19-8-3-2-4-9-19/h2-5,7-9,11,17H,6,10,12-16H2,1H3. The number of nitrogens with zero attached hydrogens (tertiary/aromatic N) is 4. The van der Waals surface area contributed by atoms with Crippen molar-refractivity contribution in [2.24, 2.45) is 0 Å². The first kappa shape index (κ1) is 24.1. The number of hydrogen-bond donors (Lipinski definition) is 0. The molecule has 9 heteroatoms. The highest BCUT2D eigenvalue weighted by Crippen LogP contribution is 2.34. The van der Waals surface area contributed by atoms with Gasteiger partial charge >= 0.3 is 0 Å². The van der Waals surface area contributed by atoms with Gasteiger partial charge in [-0.2, -0.15) is 11.8 Å². The fourth-order valence-corrected chi connectivity index (χ4v) is 6.55. The molecule has 0 atom stereocenters. The molecule has 2 aromatic heterocycles. The van der Waals surface area contributed by atoms with Crippen molar-refractivity contribution >= 4 is 63.5 Å². The maximum atomic E-state index is 13.6. The lowest BCUT2D eigenvalue weighted by molar-refractivity contribution is -0.122. The summed E-state index contributed by atoms with van der Waals surface area (Å²) in [5, 5.41) is 0. The summed E-state index contributed by atoms with van der Waals surface area (Å²) in [4.78, 5) is 36.1. The molecule has 0 bridgehead atoms. The van der Waals surface area contributed by atoms with Crippen LogP contribution in [0.2, 0.25) is 0 Å². The van der Waals surface area contributed by atoms with Crippen molar-refractivity contribution in [3.05, 3.63) is 80.6 Å². The minimum absolute atomic E-state index is 0.137. The van der Waals surface area contributed by atoms with Gasteiger partial charge in [0.05, 0.1) is 10.5 Å². The number of aromatic nitrogens is 2. The molecule has 2 aliphatic rings. The van der Waals surface area contributed by atoms with E-state index in [0.717, 1.165) is 43.0 Å². The van der Waals surface area contributed by atoms with Crippen LogP contribution in [-0.4, -0.2) is 55.7 Å². The monoisotopic (exact) mass is 522 g/mol. The summed E-state index contributed by atoms with van der Waals surface area (Å²) in [6.45, 7) is 4.15. The van der Waals surface area contributed by atoms with Gasteiger partial charge in [0.2, 0.25) is 0 Å². The summed E-state index contributed by atoms with van der Waals surface area (Å²) in [5.41, 5.74) is 3.11. The second kappa shape index (κ2) is 10.6. The smallest absolute Gasteiger partial charge is 0.267 e. The van der Waals surface area contributed by atoms with Gasteiger partial charge in [0.1, 0.15) is 15.8 Å². The minimum Gasteiger partial charge on any atom is -0.354 e. The third-order valence-corrected chi connectivity index (χ3v) is 8.53. The predicted molar refractivity (Wildman–Crippen MR) is 150 cm³/mol. The fourth-order valence-electron chi connectivity index (χ4n) is 4.35. The number of aryl methyl sites for hydroxylation is 2. The highest BCUT2D eigenvalue weighted by atomic mass is 32.2. The number of thioether (sulfide) groups is 2. The van der Waals surface area contributed by atoms with Crippen LogP contribution in [0.4, 0.5) is 5.82 Å². The second-order valence-corrected chi connectivity index (χ2v) is 11.5. The Morgan fingerprint density at radius 3 is 2.63 bits per heavy atom. The van der Waals surface area contributed by atoms with Gasteiger partial charge in [-0.3, -0.25) is 18.9 Å². The van der Waals surface area contributed by atoms with Gasteiger partial charge in [0, 0.05) is 37.3 Å². The van der Waals surface area contributed by atoms with Gasteiger partial charge in [-0.15, -0.1) is 0 Å². The summed E-state index contributed by atoms with van der Waals surface area (Å²) >= 11 is 8.71. The van der Waals surface area contributed by atoms with Gasteiger partial charge in [-0.1, -0.05) is 60.4 Å². The molecule has 6 nitrogen and oxygen atoms in total. The molecule has 1 amide bonds. The number of rotatable bonds is 6. The third-order valence-electron chi connectivity index (χ3n) is 6.21. The zero-order valence-electron chi connectivity index (χ0n) is 19.5. The number of hydrogen-bond acceptors (Lipinski definition) is 7. The molecule has 180 valence electrons. The lowest BCUT2D eigenvalue weighted by Crippen LogP contribution is -2.36. The first-order chi connectivity index (χ1) is 17.0. The van der Waals surface area contributed by atoms with Gasteiger partial charge in [0.25, 0.3) is 11.5 Å². The molecule has 35 heavy (non-hydrogen) atoms. The first-order valence-electron chi connectivity index (χ1n) is 11.7. The predicted octanol–water partition coefficient (Wildman–Crippen LogP) is 4.39. The fraction of sp³-hybridized carbons (Fsp3) is 0.308. The number of carbonyl (C=O) groups excluding carboxylic acids is 1. The van der Waals surface area contributed by atoms with E-state index >= 15 is 0 Å². The highest BCUT2D eigenvalue weighted by molar-refractivity contribution is 8.26. The Morgan fingerprint density at radius 1 is 1.09 bits per heavy atom. The molecule has 2 aliphatic heterocycles. The van der Waals surface area contributed by atoms with E-state index in [4.69, 9.17) is 17.2 Å². The average molecular weight is 523 g/mol. The quantitative estimate of drug-likeness (QED) is 0.352. The molecule has 0 spiro atoms. The Labute approximate surface area is 218 Å². The zero-order chi connectivity index (χ0) is 24.4. The highest BCUT2D eigenvalue weighted by Gasteiger charge is 2.32. The van der Waals surface area contributed by atoms with Crippen molar-refractivity contribution in [1.29, 1.82) is 0 Å². The van der Waals surface area contributed by atoms with Gasteiger partial charge < -0.3 is 4.90 Å². The SMILES string of the molecule is Cc1cccn2c(=O)c(C=C3SC(=S)N(CCCc4ccccc4)C3=O)c(N3CCSCC3)nc12. The Morgan fingerprint density at radius 2 is 1.86 bits per heavy atom. The van der Waals surface area contributed by atoms with E-state index in [0.29, 0.717) is 32.8 Å². The Balaban J connectivity index is 1.46. The molecule has 0 N–H and O–H groups in total. The first-order valence-corrected chi connectivity index (χ1v) is 14.0. The molecule has 2 fully saturated rings. The van der Waals surface area contributed by atoms with Crippen LogP contribution in [0.15, 0.2) is 58.4 Å². The molecule has 2 saturated heterocycles. The molecule has 4 heterocycles. The maximum absolute atomic E-state index is 13.6. The molecule has 3 aromatic rings. The van der Waals surface area contributed by atoms with Crippen LogP contribution < -0.4 is 10.5 Å². The third kappa shape index (κ3) is 5.03. The topological polar surface area (TPSA) is 57.9 Å². The molecular weight excluding hydrogens is 497 g/mol.